The third-order valence-electron chi connectivity index (χ3n) is 4.97. The van der Waals surface area contributed by atoms with Gasteiger partial charge in [-0.25, -0.2) is 9.78 Å². The van der Waals surface area contributed by atoms with E-state index in [0.29, 0.717) is 6.54 Å². The molecule has 0 aliphatic heterocycles. The summed E-state index contributed by atoms with van der Waals surface area (Å²) in [6.45, 7) is 3.91. The molecule has 8 heteroatoms. The molecule has 1 saturated carbocycles. The van der Waals surface area contributed by atoms with Gasteiger partial charge in [0.15, 0.2) is 6.61 Å². The van der Waals surface area contributed by atoms with Gasteiger partial charge < -0.3 is 10.1 Å². The quantitative estimate of drug-likeness (QED) is 0.700. The van der Waals surface area contributed by atoms with Gasteiger partial charge in [0.1, 0.15) is 0 Å². The van der Waals surface area contributed by atoms with E-state index in [-0.39, 0.29) is 17.8 Å². The molecule has 7 nitrogen and oxygen atoms in total. The Morgan fingerprint density at radius 2 is 1.97 bits per heavy atom. The Morgan fingerprint density at radius 1 is 1.21 bits per heavy atom. The van der Waals surface area contributed by atoms with Crippen LogP contribution in [-0.4, -0.2) is 36.0 Å². The average Bonchev–Trinajstić information content (AvgIpc) is 3.14. The molecule has 156 valence electrons. The molecule has 0 saturated heterocycles. The Labute approximate surface area is 174 Å². The van der Waals surface area contributed by atoms with Crippen molar-refractivity contribution in [1.82, 2.24) is 15.6 Å². The normalized spacial score (nSPS) is 19.1. The van der Waals surface area contributed by atoms with E-state index in [0.717, 1.165) is 40.9 Å². The monoisotopic (exact) mass is 417 g/mol. The zero-order valence-electron chi connectivity index (χ0n) is 16.8. The van der Waals surface area contributed by atoms with E-state index in [4.69, 9.17) is 9.72 Å². The first-order valence-corrected chi connectivity index (χ1v) is 10.9. The van der Waals surface area contributed by atoms with Crippen LogP contribution in [0.3, 0.4) is 0 Å². The number of rotatable bonds is 6. The number of para-hydroxylation sites is 1. The Bertz CT molecular complexity index is 847. The molecule has 0 spiro atoms. The first kappa shape index (κ1) is 21.2. The second-order valence-corrected chi connectivity index (χ2v) is 8.84. The number of imide groups is 1. The Balaban J connectivity index is 1.57. The number of thiazole rings is 1. The molecule has 1 aromatic carbocycles. The Hall–Kier alpha value is -2.48. The summed E-state index contributed by atoms with van der Waals surface area (Å²) in [7, 11) is 0. The van der Waals surface area contributed by atoms with Gasteiger partial charge in [-0.3, -0.25) is 14.9 Å². The fraction of sp³-hybridized carbons (Fsp3) is 0.524. The van der Waals surface area contributed by atoms with Crippen LogP contribution in [0.25, 0.3) is 10.2 Å². The van der Waals surface area contributed by atoms with Crippen LogP contribution in [0.15, 0.2) is 24.3 Å². The van der Waals surface area contributed by atoms with E-state index in [1.807, 2.05) is 38.1 Å². The van der Waals surface area contributed by atoms with Gasteiger partial charge in [0.25, 0.3) is 5.91 Å². The predicted octanol–water partition coefficient (Wildman–Crippen LogP) is 3.60. The molecule has 2 atom stereocenters. The number of aromatic nitrogens is 1. The van der Waals surface area contributed by atoms with E-state index in [9.17, 15) is 14.4 Å². The second-order valence-electron chi connectivity index (χ2n) is 7.78. The fourth-order valence-electron chi connectivity index (χ4n) is 3.50. The molecule has 1 fully saturated rings. The summed E-state index contributed by atoms with van der Waals surface area (Å²) >= 11 is 1.61. The predicted molar refractivity (Wildman–Crippen MR) is 112 cm³/mol. The van der Waals surface area contributed by atoms with Crippen LogP contribution in [-0.2, 0) is 14.3 Å². The zero-order chi connectivity index (χ0) is 20.8. The third kappa shape index (κ3) is 5.76. The van der Waals surface area contributed by atoms with Crippen molar-refractivity contribution in [2.24, 2.45) is 11.8 Å². The minimum Gasteiger partial charge on any atom is -0.455 e. The van der Waals surface area contributed by atoms with Gasteiger partial charge >= 0.3 is 12.0 Å². The van der Waals surface area contributed by atoms with Crippen LogP contribution >= 0.6 is 11.3 Å². The summed E-state index contributed by atoms with van der Waals surface area (Å²) in [6, 6.07) is 7.35. The Kier molecular flexibility index (Phi) is 7.19. The van der Waals surface area contributed by atoms with Crippen molar-refractivity contribution in [1.29, 1.82) is 0 Å². The highest BCUT2D eigenvalue weighted by atomic mass is 32.1. The number of hydrogen-bond donors (Lipinski definition) is 2. The van der Waals surface area contributed by atoms with Crippen LogP contribution in [0.4, 0.5) is 4.79 Å². The van der Waals surface area contributed by atoms with Gasteiger partial charge in [-0.2, -0.15) is 0 Å². The molecular weight excluding hydrogens is 390 g/mol. The van der Waals surface area contributed by atoms with Crippen molar-refractivity contribution < 1.29 is 19.1 Å². The van der Waals surface area contributed by atoms with Crippen molar-refractivity contribution >= 4 is 39.5 Å². The van der Waals surface area contributed by atoms with Crippen molar-refractivity contribution in [3.05, 3.63) is 29.3 Å². The molecule has 3 amide bonds. The van der Waals surface area contributed by atoms with Crippen LogP contribution in [0, 0.1) is 11.8 Å². The smallest absolute Gasteiger partial charge is 0.321 e. The highest BCUT2D eigenvalue weighted by Gasteiger charge is 2.35. The minimum atomic E-state index is -0.632. The van der Waals surface area contributed by atoms with E-state index in [1.165, 1.54) is 0 Å². The van der Waals surface area contributed by atoms with Crippen molar-refractivity contribution in [3.8, 4) is 0 Å². The summed E-state index contributed by atoms with van der Waals surface area (Å²) in [6.07, 6.45) is 3.59. The number of ether oxygens (including phenoxy) is 1. The lowest BCUT2D eigenvalue weighted by Gasteiger charge is -2.28. The van der Waals surface area contributed by atoms with E-state index >= 15 is 0 Å². The molecule has 2 N–H and O–H groups in total. The molecule has 1 aliphatic carbocycles. The summed E-state index contributed by atoms with van der Waals surface area (Å²) in [5, 5.41) is 5.71. The van der Waals surface area contributed by atoms with Crippen LogP contribution in [0.5, 0.6) is 0 Å². The first-order chi connectivity index (χ1) is 13.9. The average molecular weight is 418 g/mol. The van der Waals surface area contributed by atoms with Crippen LogP contribution in [0.1, 0.15) is 50.5 Å². The van der Waals surface area contributed by atoms with Crippen LogP contribution < -0.4 is 10.6 Å². The summed E-state index contributed by atoms with van der Waals surface area (Å²) in [5.41, 5.74) is 0.942. The first-order valence-electron chi connectivity index (χ1n) is 10.0. The SMILES string of the molecule is CC(C)CNC(=O)NC(=O)COC(=O)[C@H]1CCCC[C@@H]1c1nc2ccccc2s1. The molecule has 29 heavy (non-hydrogen) atoms. The van der Waals surface area contributed by atoms with E-state index in [2.05, 4.69) is 10.6 Å². The van der Waals surface area contributed by atoms with Gasteiger partial charge in [-0.15, -0.1) is 11.3 Å². The molecule has 0 unspecified atom stereocenters. The number of benzene rings is 1. The highest BCUT2D eigenvalue weighted by Crippen LogP contribution is 2.41. The summed E-state index contributed by atoms with van der Waals surface area (Å²) in [4.78, 5) is 40.9. The minimum absolute atomic E-state index is 0.00560. The van der Waals surface area contributed by atoms with Crippen molar-refractivity contribution in [2.45, 2.75) is 45.4 Å². The Morgan fingerprint density at radius 3 is 2.72 bits per heavy atom. The number of amides is 3. The molecular formula is C21H27N3O4S. The van der Waals surface area contributed by atoms with Gasteiger partial charge in [-0.1, -0.05) is 38.8 Å². The number of carbonyl (C=O) groups excluding carboxylic acids is 3. The number of urea groups is 1. The van der Waals surface area contributed by atoms with Gasteiger partial charge in [0.2, 0.25) is 0 Å². The molecule has 1 aromatic heterocycles. The number of nitrogens with one attached hydrogen (secondary N) is 2. The molecule has 1 heterocycles. The largest absolute Gasteiger partial charge is 0.455 e. The lowest BCUT2D eigenvalue weighted by Crippen LogP contribution is -2.43. The fourth-order valence-corrected chi connectivity index (χ4v) is 4.67. The maximum absolute atomic E-state index is 12.7. The number of fused-ring (bicyclic) bond motifs is 1. The lowest BCUT2D eigenvalue weighted by molar-refractivity contribution is -0.154. The number of nitrogens with zero attached hydrogens (tertiary/aromatic N) is 1. The van der Waals surface area contributed by atoms with Crippen molar-refractivity contribution in [2.75, 3.05) is 13.2 Å². The molecule has 0 bridgehead atoms. The topological polar surface area (TPSA) is 97.4 Å². The van der Waals surface area contributed by atoms with Crippen LogP contribution in [0.2, 0.25) is 0 Å². The summed E-state index contributed by atoms with van der Waals surface area (Å²) < 4.78 is 6.35. The van der Waals surface area contributed by atoms with Gasteiger partial charge in [0.05, 0.1) is 21.1 Å². The van der Waals surface area contributed by atoms with Crippen molar-refractivity contribution in [3.63, 3.8) is 0 Å². The van der Waals surface area contributed by atoms with Gasteiger partial charge in [0, 0.05) is 12.5 Å². The number of hydrogen-bond acceptors (Lipinski definition) is 6. The summed E-state index contributed by atoms with van der Waals surface area (Å²) in [5.74, 6) is -1.06. The lowest BCUT2D eigenvalue weighted by atomic mass is 9.79. The van der Waals surface area contributed by atoms with Gasteiger partial charge in [-0.05, 0) is 30.9 Å². The highest BCUT2D eigenvalue weighted by molar-refractivity contribution is 7.18. The standard InChI is InChI=1S/C21H27N3O4S/c1-13(2)11-22-21(27)24-18(25)12-28-20(26)15-8-4-3-7-14(15)19-23-16-9-5-6-10-17(16)29-19/h5-6,9-10,13-15H,3-4,7-8,11-12H2,1-2H3,(H2,22,24,25,27)/t14-,15-/m0/s1. The third-order valence-corrected chi connectivity index (χ3v) is 6.13. The molecule has 0 radical (unpaired) electrons. The maximum atomic E-state index is 12.7. The second kappa shape index (κ2) is 9.82. The molecule has 3 rings (SSSR count). The molecule has 1 aliphatic rings. The maximum Gasteiger partial charge on any atom is 0.321 e. The number of carbonyl (C=O) groups is 3. The molecule has 2 aromatic rings. The number of esters is 1. The zero-order valence-corrected chi connectivity index (χ0v) is 17.6. The van der Waals surface area contributed by atoms with E-state index < -0.39 is 24.5 Å². The van der Waals surface area contributed by atoms with E-state index in [1.54, 1.807) is 11.3 Å².